The van der Waals surface area contributed by atoms with Crippen LogP contribution < -0.4 is 5.73 Å². The van der Waals surface area contributed by atoms with Crippen molar-refractivity contribution in [2.45, 2.75) is 0 Å². The molecule has 2 rings (SSSR count). The number of hydrogen-bond acceptors (Lipinski definition) is 3. The third-order valence-electron chi connectivity index (χ3n) is 1.47. The number of nitrogens with zero attached hydrogens (tertiary/aromatic N) is 2. The van der Waals surface area contributed by atoms with Gasteiger partial charge in [-0.25, -0.2) is 0 Å². The van der Waals surface area contributed by atoms with Gasteiger partial charge in [-0.2, -0.15) is 0 Å². The Labute approximate surface area is 63.9 Å². The van der Waals surface area contributed by atoms with Crippen LogP contribution in [0.25, 0.3) is 11.0 Å². The molecule has 0 aliphatic heterocycles. The monoisotopic (exact) mass is 145 g/mol. The summed E-state index contributed by atoms with van der Waals surface area (Å²) >= 11 is 0. The molecule has 0 saturated carbocycles. The van der Waals surface area contributed by atoms with E-state index >= 15 is 0 Å². The number of nitrogen functional groups attached to an aromatic ring is 1. The Bertz CT molecular complexity index is 384. The molecular weight excluding hydrogens is 138 g/mol. The molecule has 54 valence electrons. The average molecular weight is 145 g/mol. The molecule has 11 heavy (non-hydrogen) atoms. The van der Waals surface area contributed by atoms with Gasteiger partial charge in [-0.1, -0.05) is 0 Å². The van der Waals surface area contributed by atoms with Crippen molar-refractivity contribution in [2.75, 3.05) is 5.73 Å². The summed E-state index contributed by atoms with van der Waals surface area (Å²) in [5.41, 5.74) is 7.89. The van der Waals surface area contributed by atoms with Gasteiger partial charge in [-0.3, -0.25) is 9.97 Å². The van der Waals surface area contributed by atoms with Gasteiger partial charge in [0.05, 0.1) is 22.9 Å². The topological polar surface area (TPSA) is 51.8 Å². The van der Waals surface area contributed by atoms with E-state index in [1.165, 1.54) is 0 Å². The van der Waals surface area contributed by atoms with Crippen molar-refractivity contribution < 1.29 is 0 Å². The third-order valence-corrected chi connectivity index (χ3v) is 1.47. The summed E-state index contributed by atoms with van der Waals surface area (Å²) in [7, 11) is 0. The van der Waals surface area contributed by atoms with Crippen LogP contribution in [0.1, 0.15) is 0 Å². The summed E-state index contributed by atoms with van der Waals surface area (Å²) in [6, 6.07) is 5.57. The molecule has 0 aliphatic rings. The van der Waals surface area contributed by atoms with E-state index in [0.29, 0.717) is 5.69 Å². The first-order chi connectivity index (χ1) is 5.36. The quantitative estimate of drug-likeness (QED) is 0.606. The van der Waals surface area contributed by atoms with E-state index in [0.717, 1.165) is 11.0 Å². The average Bonchev–Trinajstić information content (AvgIpc) is 2.04. The fourth-order valence-corrected chi connectivity index (χ4v) is 0.969. The fourth-order valence-electron chi connectivity index (χ4n) is 0.969. The lowest BCUT2D eigenvalue weighted by Gasteiger charge is -1.95. The second kappa shape index (κ2) is 2.20. The second-order valence-corrected chi connectivity index (χ2v) is 2.31. The Morgan fingerprint density at radius 3 is 3.00 bits per heavy atom. The minimum atomic E-state index is 0.649. The number of aromatic nitrogens is 2. The van der Waals surface area contributed by atoms with Crippen LogP contribution in [0.2, 0.25) is 0 Å². The maximum absolute atomic E-state index is 5.52. The van der Waals surface area contributed by atoms with Crippen LogP contribution in [-0.4, -0.2) is 9.97 Å². The van der Waals surface area contributed by atoms with E-state index in [1.807, 2.05) is 18.2 Å². The van der Waals surface area contributed by atoms with E-state index in [4.69, 9.17) is 5.73 Å². The lowest BCUT2D eigenvalue weighted by Crippen LogP contribution is -1.87. The SMILES string of the molecule is Nc1cnc2cccnc2c1. The molecule has 0 atom stereocenters. The number of rotatable bonds is 0. The first kappa shape index (κ1) is 6.09. The molecule has 0 saturated heterocycles. The van der Waals surface area contributed by atoms with E-state index in [2.05, 4.69) is 9.97 Å². The fraction of sp³-hybridized carbons (Fsp3) is 0. The molecule has 0 spiro atoms. The zero-order chi connectivity index (χ0) is 7.68. The maximum Gasteiger partial charge on any atom is 0.0907 e. The smallest absolute Gasteiger partial charge is 0.0907 e. The van der Waals surface area contributed by atoms with Gasteiger partial charge >= 0.3 is 0 Å². The lowest BCUT2D eigenvalue weighted by molar-refractivity contribution is 1.34. The van der Waals surface area contributed by atoms with Gasteiger partial charge in [-0.15, -0.1) is 0 Å². The van der Waals surface area contributed by atoms with Crippen molar-refractivity contribution in [2.24, 2.45) is 0 Å². The number of pyridine rings is 2. The van der Waals surface area contributed by atoms with Crippen molar-refractivity contribution in [3.63, 3.8) is 0 Å². The number of fused-ring (bicyclic) bond motifs is 1. The summed E-state index contributed by atoms with van der Waals surface area (Å²) in [6.45, 7) is 0. The number of nitrogens with two attached hydrogens (primary N) is 1. The lowest BCUT2D eigenvalue weighted by atomic mass is 10.3. The zero-order valence-electron chi connectivity index (χ0n) is 5.86. The minimum absolute atomic E-state index is 0.649. The van der Waals surface area contributed by atoms with Crippen LogP contribution in [0, 0.1) is 0 Å². The van der Waals surface area contributed by atoms with Gasteiger partial charge in [-0.05, 0) is 18.2 Å². The van der Waals surface area contributed by atoms with E-state index in [-0.39, 0.29) is 0 Å². The molecule has 0 radical (unpaired) electrons. The van der Waals surface area contributed by atoms with Gasteiger partial charge in [0.15, 0.2) is 0 Å². The summed E-state index contributed by atoms with van der Waals surface area (Å²) in [5, 5.41) is 0. The molecule has 0 amide bonds. The standard InChI is InChI=1S/C8H7N3/c9-6-4-8-7(11-5-6)2-1-3-10-8/h1-5H,9H2. The predicted molar refractivity (Wildman–Crippen MR) is 44.0 cm³/mol. The van der Waals surface area contributed by atoms with Crippen LogP contribution in [0.5, 0.6) is 0 Å². The van der Waals surface area contributed by atoms with Gasteiger partial charge < -0.3 is 5.73 Å². The second-order valence-electron chi connectivity index (χ2n) is 2.31. The Kier molecular flexibility index (Phi) is 1.22. The normalized spacial score (nSPS) is 10.2. The van der Waals surface area contributed by atoms with E-state index in [9.17, 15) is 0 Å². The van der Waals surface area contributed by atoms with Crippen LogP contribution in [0.15, 0.2) is 30.6 Å². The highest BCUT2D eigenvalue weighted by Gasteiger charge is 1.92. The molecule has 2 aromatic heterocycles. The molecule has 0 fully saturated rings. The first-order valence-corrected chi connectivity index (χ1v) is 3.32. The van der Waals surface area contributed by atoms with Crippen molar-refractivity contribution in [1.29, 1.82) is 0 Å². The minimum Gasteiger partial charge on any atom is -0.397 e. The molecule has 0 aromatic carbocycles. The summed E-state index contributed by atoms with van der Waals surface area (Å²) in [4.78, 5) is 8.19. The first-order valence-electron chi connectivity index (χ1n) is 3.32. The molecular formula is C8H7N3. The van der Waals surface area contributed by atoms with Crippen molar-refractivity contribution >= 4 is 16.7 Å². The Morgan fingerprint density at radius 2 is 2.09 bits per heavy atom. The van der Waals surface area contributed by atoms with Crippen molar-refractivity contribution in [3.8, 4) is 0 Å². The highest BCUT2D eigenvalue weighted by atomic mass is 14.8. The number of anilines is 1. The van der Waals surface area contributed by atoms with E-state index in [1.54, 1.807) is 12.4 Å². The molecule has 0 aliphatic carbocycles. The van der Waals surface area contributed by atoms with Crippen molar-refractivity contribution in [1.82, 2.24) is 9.97 Å². The number of hydrogen-bond donors (Lipinski definition) is 1. The van der Waals surface area contributed by atoms with Gasteiger partial charge in [0.1, 0.15) is 0 Å². The molecule has 0 unspecified atom stereocenters. The zero-order valence-corrected chi connectivity index (χ0v) is 5.86. The molecule has 2 aromatic rings. The highest BCUT2D eigenvalue weighted by molar-refractivity contribution is 5.76. The van der Waals surface area contributed by atoms with E-state index < -0.39 is 0 Å². The third kappa shape index (κ3) is 1.00. The molecule has 3 nitrogen and oxygen atoms in total. The van der Waals surface area contributed by atoms with Gasteiger partial charge in [0.25, 0.3) is 0 Å². The van der Waals surface area contributed by atoms with Crippen LogP contribution in [0.4, 0.5) is 5.69 Å². The van der Waals surface area contributed by atoms with Crippen molar-refractivity contribution in [3.05, 3.63) is 30.6 Å². The van der Waals surface area contributed by atoms with Gasteiger partial charge in [0.2, 0.25) is 0 Å². The summed E-state index contributed by atoms with van der Waals surface area (Å²) in [6.07, 6.45) is 3.35. The highest BCUT2D eigenvalue weighted by Crippen LogP contribution is 2.09. The molecule has 2 heterocycles. The largest absolute Gasteiger partial charge is 0.397 e. The summed E-state index contributed by atoms with van der Waals surface area (Å²) < 4.78 is 0. The van der Waals surface area contributed by atoms with Gasteiger partial charge in [0, 0.05) is 6.20 Å². The Balaban J connectivity index is 2.83. The molecule has 3 heteroatoms. The summed E-state index contributed by atoms with van der Waals surface area (Å²) in [5.74, 6) is 0. The van der Waals surface area contributed by atoms with Crippen LogP contribution in [-0.2, 0) is 0 Å². The maximum atomic E-state index is 5.52. The predicted octanol–water partition coefficient (Wildman–Crippen LogP) is 1.21. The molecule has 0 bridgehead atoms. The van der Waals surface area contributed by atoms with Crippen LogP contribution >= 0.6 is 0 Å². The molecule has 2 N–H and O–H groups in total. The van der Waals surface area contributed by atoms with Crippen LogP contribution in [0.3, 0.4) is 0 Å². The Morgan fingerprint density at radius 1 is 1.18 bits per heavy atom. The Hall–Kier alpha value is -1.64.